The standard InChI is InChI=1S/C15H14N2O/c1-12(13-8-4-2-5-9-13)16-17-15(18)14-10-6-3-7-11-14/h2-11H,1H3,(H,17,18). The topological polar surface area (TPSA) is 41.5 Å². The number of nitrogens with zero attached hydrogens (tertiary/aromatic N) is 1. The van der Waals surface area contributed by atoms with Gasteiger partial charge in [0.15, 0.2) is 0 Å². The summed E-state index contributed by atoms with van der Waals surface area (Å²) in [6.45, 7) is 1.86. The molecule has 0 aliphatic rings. The van der Waals surface area contributed by atoms with Gasteiger partial charge in [-0.05, 0) is 24.6 Å². The molecule has 18 heavy (non-hydrogen) atoms. The quantitative estimate of drug-likeness (QED) is 0.648. The first-order valence-electron chi connectivity index (χ1n) is 5.72. The zero-order valence-corrected chi connectivity index (χ0v) is 10.1. The van der Waals surface area contributed by atoms with E-state index in [4.69, 9.17) is 0 Å². The van der Waals surface area contributed by atoms with Gasteiger partial charge in [0.05, 0.1) is 5.71 Å². The van der Waals surface area contributed by atoms with Gasteiger partial charge in [-0.15, -0.1) is 0 Å². The summed E-state index contributed by atoms with van der Waals surface area (Å²) in [5.74, 6) is -0.203. The van der Waals surface area contributed by atoms with Crippen molar-refractivity contribution in [1.29, 1.82) is 0 Å². The van der Waals surface area contributed by atoms with Crippen LogP contribution in [0.2, 0.25) is 0 Å². The maximum Gasteiger partial charge on any atom is 0.271 e. The zero-order valence-electron chi connectivity index (χ0n) is 10.1. The van der Waals surface area contributed by atoms with Crippen molar-refractivity contribution in [1.82, 2.24) is 5.43 Å². The number of carbonyl (C=O) groups excluding carboxylic acids is 1. The molecule has 0 heterocycles. The molecule has 0 aromatic heterocycles. The molecule has 1 amide bonds. The van der Waals surface area contributed by atoms with Crippen molar-refractivity contribution in [2.45, 2.75) is 6.92 Å². The van der Waals surface area contributed by atoms with Gasteiger partial charge in [0.25, 0.3) is 5.91 Å². The van der Waals surface area contributed by atoms with Crippen LogP contribution in [0.15, 0.2) is 65.8 Å². The number of hydrogen-bond donors (Lipinski definition) is 1. The maximum atomic E-state index is 11.8. The third-order valence-corrected chi connectivity index (χ3v) is 2.55. The van der Waals surface area contributed by atoms with Crippen molar-refractivity contribution in [2.75, 3.05) is 0 Å². The molecule has 2 aromatic carbocycles. The number of nitrogens with one attached hydrogen (secondary N) is 1. The molecule has 0 unspecified atom stereocenters. The lowest BCUT2D eigenvalue weighted by atomic mass is 10.1. The summed E-state index contributed by atoms with van der Waals surface area (Å²) in [5.41, 5.74) is 4.91. The van der Waals surface area contributed by atoms with Crippen molar-refractivity contribution in [3.63, 3.8) is 0 Å². The molecule has 0 aliphatic heterocycles. The number of benzene rings is 2. The van der Waals surface area contributed by atoms with Gasteiger partial charge < -0.3 is 0 Å². The van der Waals surface area contributed by atoms with Crippen LogP contribution in [0.3, 0.4) is 0 Å². The Bertz CT molecular complexity index is 547. The molecule has 3 heteroatoms. The first kappa shape index (κ1) is 12.0. The monoisotopic (exact) mass is 238 g/mol. The predicted molar refractivity (Wildman–Crippen MR) is 72.6 cm³/mol. The summed E-state index contributed by atoms with van der Waals surface area (Å²) < 4.78 is 0. The molecule has 2 aromatic rings. The van der Waals surface area contributed by atoms with Gasteiger partial charge in [0, 0.05) is 5.56 Å². The molecule has 3 nitrogen and oxygen atoms in total. The van der Waals surface area contributed by atoms with Gasteiger partial charge >= 0.3 is 0 Å². The summed E-state index contributed by atoms with van der Waals surface area (Å²) in [4.78, 5) is 11.8. The lowest BCUT2D eigenvalue weighted by Gasteiger charge is -2.02. The average molecular weight is 238 g/mol. The minimum Gasteiger partial charge on any atom is -0.267 e. The van der Waals surface area contributed by atoms with Crippen LogP contribution in [-0.2, 0) is 0 Å². The van der Waals surface area contributed by atoms with Crippen molar-refractivity contribution >= 4 is 11.6 Å². The van der Waals surface area contributed by atoms with E-state index in [1.165, 1.54) is 0 Å². The first-order valence-corrected chi connectivity index (χ1v) is 5.72. The van der Waals surface area contributed by atoms with Crippen LogP contribution >= 0.6 is 0 Å². The second-order valence-electron chi connectivity index (χ2n) is 3.87. The minimum absolute atomic E-state index is 0.203. The van der Waals surface area contributed by atoms with Gasteiger partial charge in [-0.25, -0.2) is 5.43 Å². The smallest absolute Gasteiger partial charge is 0.267 e. The fourth-order valence-electron chi connectivity index (χ4n) is 1.53. The first-order chi connectivity index (χ1) is 8.77. The average Bonchev–Trinajstić information content (AvgIpc) is 2.46. The van der Waals surface area contributed by atoms with Crippen LogP contribution in [0.25, 0.3) is 0 Å². The second kappa shape index (κ2) is 5.77. The van der Waals surface area contributed by atoms with E-state index in [2.05, 4.69) is 10.5 Å². The van der Waals surface area contributed by atoms with Crippen LogP contribution in [0.1, 0.15) is 22.8 Å². The molecule has 0 aliphatic carbocycles. The van der Waals surface area contributed by atoms with E-state index in [-0.39, 0.29) is 5.91 Å². The SMILES string of the molecule is CC(=NNC(=O)c1ccccc1)c1ccccc1. The van der Waals surface area contributed by atoms with Crippen LogP contribution < -0.4 is 5.43 Å². The Morgan fingerprint density at radius 3 is 1.94 bits per heavy atom. The van der Waals surface area contributed by atoms with E-state index in [9.17, 15) is 4.79 Å². The largest absolute Gasteiger partial charge is 0.271 e. The summed E-state index contributed by atoms with van der Waals surface area (Å²) in [6, 6.07) is 18.7. The van der Waals surface area contributed by atoms with Crippen LogP contribution in [-0.4, -0.2) is 11.6 Å². The molecule has 90 valence electrons. The Hall–Kier alpha value is -2.42. The van der Waals surface area contributed by atoms with Crippen molar-refractivity contribution in [2.24, 2.45) is 5.10 Å². The molecule has 0 bridgehead atoms. The highest BCUT2D eigenvalue weighted by Crippen LogP contribution is 2.01. The molecular formula is C15H14N2O. The van der Waals surface area contributed by atoms with Crippen molar-refractivity contribution in [3.05, 3.63) is 71.8 Å². The van der Waals surface area contributed by atoms with E-state index in [0.717, 1.165) is 11.3 Å². The Balaban J connectivity index is 2.05. The molecule has 0 atom stereocenters. The number of hydrogen-bond acceptors (Lipinski definition) is 2. The molecule has 0 spiro atoms. The summed E-state index contributed by atoms with van der Waals surface area (Å²) in [5, 5.41) is 4.09. The molecule has 0 radical (unpaired) electrons. The molecule has 2 rings (SSSR count). The Morgan fingerprint density at radius 1 is 0.889 bits per heavy atom. The number of hydrazone groups is 1. The van der Waals surface area contributed by atoms with E-state index in [1.807, 2.05) is 55.5 Å². The Kier molecular flexibility index (Phi) is 3.86. The lowest BCUT2D eigenvalue weighted by molar-refractivity contribution is 0.0955. The molecule has 0 saturated heterocycles. The lowest BCUT2D eigenvalue weighted by Crippen LogP contribution is -2.19. The second-order valence-corrected chi connectivity index (χ2v) is 3.87. The Morgan fingerprint density at radius 2 is 1.39 bits per heavy atom. The van der Waals surface area contributed by atoms with Gasteiger partial charge in [0.1, 0.15) is 0 Å². The van der Waals surface area contributed by atoms with Crippen molar-refractivity contribution in [3.8, 4) is 0 Å². The fourth-order valence-corrected chi connectivity index (χ4v) is 1.53. The van der Waals surface area contributed by atoms with Crippen LogP contribution in [0, 0.1) is 0 Å². The molecular weight excluding hydrogens is 224 g/mol. The number of carbonyl (C=O) groups is 1. The summed E-state index contributed by atoms with van der Waals surface area (Å²) in [6.07, 6.45) is 0. The maximum absolute atomic E-state index is 11.8. The normalized spacial score (nSPS) is 11.1. The predicted octanol–water partition coefficient (Wildman–Crippen LogP) is 2.84. The van der Waals surface area contributed by atoms with E-state index < -0.39 is 0 Å². The highest BCUT2D eigenvalue weighted by atomic mass is 16.2. The van der Waals surface area contributed by atoms with Gasteiger partial charge in [-0.2, -0.15) is 5.10 Å². The third kappa shape index (κ3) is 3.04. The summed E-state index contributed by atoms with van der Waals surface area (Å²) in [7, 11) is 0. The van der Waals surface area contributed by atoms with E-state index >= 15 is 0 Å². The van der Waals surface area contributed by atoms with Crippen molar-refractivity contribution < 1.29 is 4.79 Å². The number of amides is 1. The third-order valence-electron chi connectivity index (χ3n) is 2.55. The van der Waals surface area contributed by atoms with E-state index in [1.54, 1.807) is 12.1 Å². The molecule has 0 saturated carbocycles. The van der Waals surface area contributed by atoms with Gasteiger partial charge in [-0.1, -0.05) is 48.5 Å². The molecule has 0 fully saturated rings. The highest BCUT2D eigenvalue weighted by Gasteiger charge is 2.03. The van der Waals surface area contributed by atoms with Crippen LogP contribution in [0.5, 0.6) is 0 Å². The minimum atomic E-state index is -0.203. The van der Waals surface area contributed by atoms with Gasteiger partial charge in [0.2, 0.25) is 0 Å². The highest BCUT2D eigenvalue weighted by molar-refractivity contribution is 6.00. The van der Waals surface area contributed by atoms with Crippen LogP contribution in [0.4, 0.5) is 0 Å². The fraction of sp³-hybridized carbons (Fsp3) is 0.0667. The number of rotatable bonds is 3. The van der Waals surface area contributed by atoms with E-state index in [0.29, 0.717) is 5.56 Å². The van der Waals surface area contributed by atoms with Gasteiger partial charge in [-0.3, -0.25) is 4.79 Å². The zero-order chi connectivity index (χ0) is 12.8. The molecule has 1 N–H and O–H groups in total. The summed E-state index contributed by atoms with van der Waals surface area (Å²) >= 11 is 0. The Labute approximate surface area is 106 Å².